The molecular formula is C10H22N2O2. The molecule has 1 amide bonds. The fourth-order valence-electron chi connectivity index (χ4n) is 1.84. The lowest BCUT2D eigenvalue weighted by atomic mass is 10.2. The zero-order valence-corrected chi connectivity index (χ0v) is 9.32. The summed E-state index contributed by atoms with van der Waals surface area (Å²) in [7, 11) is 0. The molecule has 0 saturated carbocycles. The second-order valence-electron chi connectivity index (χ2n) is 3.32. The molecule has 2 aliphatic rings. The third-order valence-electron chi connectivity index (χ3n) is 2.65. The van der Waals surface area contributed by atoms with Gasteiger partial charge in [0.15, 0.2) is 0 Å². The van der Waals surface area contributed by atoms with Gasteiger partial charge in [0.25, 0.3) is 0 Å². The molecule has 14 heavy (non-hydrogen) atoms. The predicted molar refractivity (Wildman–Crippen MR) is 57.4 cm³/mol. The largest absolute Gasteiger partial charge is 0.447 e. The molecule has 0 aromatic carbocycles. The second-order valence-corrected chi connectivity index (χ2v) is 3.32. The summed E-state index contributed by atoms with van der Waals surface area (Å²) >= 11 is 0. The standard InChI is InChI=1S/C8H14N2O2.C2H6.H2/c1-2-9-3-4-10-7(5-9)6-12-8(10)11;1-2;/h7H,2-6H2,1H3;1-2H3;1H. The third-order valence-corrected chi connectivity index (χ3v) is 2.65. The van der Waals surface area contributed by atoms with E-state index < -0.39 is 0 Å². The summed E-state index contributed by atoms with van der Waals surface area (Å²) in [5.41, 5.74) is 0. The summed E-state index contributed by atoms with van der Waals surface area (Å²) in [5, 5.41) is 0. The quantitative estimate of drug-likeness (QED) is 0.644. The van der Waals surface area contributed by atoms with E-state index in [9.17, 15) is 4.79 Å². The summed E-state index contributed by atoms with van der Waals surface area (Å²) in [6, 6.07) is 0.311. The number of amides is 1. The minimum atomic E-state index is -0.129. The zero-order chi connectivity index (χ0) is 10.6. The number of ether oxygens (including phenoxy) is 1. The van der Waals surface area contributed by atoms with Gasteiger partial charge in [-0.3, -0.25) is 9.80 Å². The van der Waals surface area contributed by atoms with Crippen LogP contribution < -0.4 is 0 Å². The molecule has 1 atom stereocenters. The summed E-state index contributed by atoms with van der Waals surface area (Å²) in [5.74, 6) is 0. The normalized spacial score (nSPS) is 26.4. The van der Waals surface area contributed by atoms with E-state index in [1.807, 2.05) is 18.7 Å². The van der Waals surface area contributed by atoms with E-state index in [1.54, 1.807) is 0 Å². The van der Waals surface area contributed by atoms with Gasteiger partial charge in [0, 0.05) is 21.1 Å². The molecule has 2 heterocycles. The van der Waals surface area contributed by atoms with E-state index in [2.05, 4.69) is 11.8 Å². The minimum absolute atomic E-state index is 0. The number of fused-ring (bicyclic) bond motifs is 1. The van der Waals surface area contributed by atoms with Gasteiger partial charge in [0.05, 0.1) is 6.04 Å². The SMILES string of the molecule is CC.CCN1CCN2C(=O)OCC2C1.[HH]. The monoisotopic (exact) mass is 202 g/mol. The van der Waals surface area contributed by atoms with Gasteiger partial charge >= 0.3 is 6.09 Å². The van der Waals surface area contributed by atoms with E-state index in [1.165, 1.54) is 0 Å². The number of nitrogens with zero attached hydrogens (tertiary/aromatic N) is 2. The molecule has 0 aromatic rings. The van der Waals surface area contributed by atoms with E-state index in [0.29, 0.717) is 12.6 Å². The highest BCUT2D eigenvalue weighted by atomic mass is 16.6. The first-order valence-electron chi connectivity index (χ1n) is 5.47. The average molecular weight is 202 g/mol. The van der Waals surface area contributed by atoms with Crippen molar-refractivity contribution in [2.75, 3.05) is 32.8 Å². The lowest BCUT2D eigenvalue weighted by Crippen LogP contribution is -2.51. The predicted octanol–water partition coefficient (Wildman–Crippen LogP) is 1.41. The van der Waals surface area contributed by atoms with Crippen LogP contribution in [-0.2, 0) is 4.74 Å². The Morgan fingerprint density at radius 3 is 2.86 bits per heavy atom. The first-order valence-corrected chi connectivity index (χ1v) is 5.47. The van der Waals surface area contributed by atoms with Crippen molar-refractivity contribution in [2.45, 2.75) is 26.8 Å². The summed E-state index contributed by atoms with van der Waals surface area (Å²) in [6.45, 7) is 10.6. The van der Waals surface area contributed by atoms with Crippen molar-refractivity contribution < 1.29 is 11.0 Å². The Labute approximate surface area is 87.3 Å². The van der Waals surface area contributed by atoms with Crippen LogP contribution >= 0.6 is 0 Å². The van der Waals surface area contributed by atoms with E-state index in [0.717, 1.165) is 26.2 Å². The Balaban J connectivity index is 0.000000617. The fourth-order valence-corrected chi connectivity index (χ4v) is 1.84. The van der Waals surface area contributed by atoms with Gasteiger partial charge in [0.1, 0.15) is 6.61 Å². The molecule has 0 aliphatic carbocycles. The molecule has 0 aromatic heterocycles. The molecular weight excluding hydrogens is 180 g/mol. The number of carbonyl (C=O) groups excluding carboxylic acids is 1. The molecule has 84 valence electrons. The van der Waals surface area contributed by atoms with Crippen LogP contribution in [0.25, 0.3) is 0 Å². The van der Waals surface area contributed by atoms with Crippen molar-refractivity contribution in [1.29, 1.82) is 0 Å². The molecule has 4 nitrogen and oxygen atoms in total. The van der Waals surface area contributed by atoms with Crippen molar-refractivity contribution in [1.82, 2.24) is 9.80 Å². The summed E-state index contributed by atoms with van der Waals surface area (Å²) in [6.07, 6.45) is -0.129. The lowest BCUT2D eigenvalue weighted by Gasteiger charge is -2.34. The van der Waals surface area contributed by atoms with Crippen LogP contribution in [0.2, 0.25) is 0 Å². The molecule has 2 aliphatic heterocycles. The third kappa shape index (κ3) is 2.18. The number of carbonyl (C=O) groups is 1. The van der Waals surface area contributed by atoms with Gasteiger partial charge in [-0.1, -0.05) is 20.8 Å². The Morgan fingerprint density at radius 2 is 2.21 bits per heavy atom. The van der Waals surface area contributed by atoms with E-state index in [4.69, 9.17) is 4.74 Å². The molecule has 2 saturated heterocycles. The molecule has 0 spiro atoms. The van der Waals surface area contributed by atoms with Crippen LogP contribution in [0.15, 0.2) is 0 Å². The highest BCUT2D eigenvalue weighted by Gasteiger charge is 2.36. The average Bonchev–Trinajstić information content (AvgIpc) is 2.63. The Kier molecular flexibility index (Phi) is 4.20. The number of likely N-dealkylation sites (N-methyl/N-ethyl adjacent to an activating group) is 1. The zero-order valence-electron chi connectivity index (χ0n) is 9.32. The van der Waals surface area contributed by atoms with Crippen molar-refractivity contribution in [2.24, 2.45) is 0 Å². The Bertz CT molecular complexity index is 202. The number of cyclic esters (lactones) is 1. The van der Waals surface area contributed by atoms with Crippen molar-refractivity contribution in [3.63, 3.8) is 0 Å². The molecule has 4 heteroatoms. The van der Waals surface area contributed by atoms with Crippen LogP contribution in [-0.4, -0.2) is 54.7 Å². The van der Waals surface area contributed by atoms with Crippen LogP contribution in [0.3, 0.4) is 0 Å². The van der Waals surface area contributed by atoms with Crippen LogP contribution in [0.5, 0.6) is 0 Å². The minimum Gasteiger partial charge on any atom is -0.447 e. The summed E-state index contributed by atoms with van der Waals surface area (Å²) < 4.78 is 4.95. The molecule has 1 unspecified atom stereocenters. The van der Waals surface area contributed by atoms with Gasteiger partial charge in [-0.2, -0.15) is 0 Å². The van der Waals surface area contributed by atoms with Crippen LogP contribution in [0.1, 0.15) is 22.2 Å². The number of hydrogen-bond acceptors (Lipinski definition) is 3. The van der Waals surface area contributed by atoms with Gasteiger partial charge in [-0.05, 0) is 6.54 Å². The lowest BCUT2D eigenvalue weighted by molar-refractivity contribution is 0.123. The molecule has 2 fully saturated rings. The maximum Gasteiger partial charge on any atom is 0.410 e. The molecule has 0 bridgehead atoms. The van der Waals surface area contributed by atoms with E-state index >= 15 is 0 Å². The van der Waals surface area contributed by atoms with Crippen molar-refractivity contribution >= 4 is 6.09 Å². The number of piperazine rings is 1. The highest BCUT2D eigenvalue weighted by molar-refractivity contribution is 5.70. The highest BCUT2D eigenvalue weighted by Crippen LogP contribution is 2.16. The smallest absolute Gasteiger partial charge is 0.410 e. The number of hydrogen-bond donors (Lipinski definition) is 0. The Morgan fingerprint density at radius 1 is 1.50 bits per heavy atom. The van der Waals surface area contributed by atoms with Gasteiger partial charge in [-0.25, -0.2) is 4.79 Å². The van der Waals surface area contributed by atoms with Gasteiger partial charge in [-0.15, -0.1) is 0 Å². The number of rotatable bonds is 1. The first kappa shape index (κ1) is 11.3. The molecule has 0 N–H and O–H groups in total. The topological polar surface area (TPSA) is 32.8 Å². The maximum atomic E-state index is 11.1. The van der Waals surface area contributed by atoms with Gasteiger partial charge < -0.3 is 4.74 Å². The Hall–Kier alpha value is -0.770. The molecule has 0 radical (unpaired) electrons. The maximum absolute atomic E-state index is 11.1. The van der Waals surface area contributed by atoms with Crippen LogP contribution in [0.4, 0.5) is 4.79 Å². The van der Waals surface area contributed by atoms with Crippen molar-refractivity contribution in [3.05, 3.63) is 0 Å². The van der Waals surface area contributed by atoms with Crippen molar-refractivity contribution in [3.8, 4) is 0 Å². The first-order chi connectivity index (χ1) is 6.81. The second kappa shape index (κ2) is 5.20. The summed E-state index contributed by atoms with van der Waals surface area (Å²) in [4.78, 5) is 15.3. The molecule has 2 rings (SSSR count). The van der Waals surface area contributed by atoms with E-state index in [-0.39, 0.29) is 7.52 Å². The van der Waals surface area contributed by atoms with Crippen LogP contribution in [0, 0.1) is 0 Å². The fraction of sp³-hybridized carbons (Fsp3) is 0.900. The van der Waals surface area contributed by atoms with Gasteiger partial charge in [0.2, 0.25) is 0 Å².